The quantitative estimate of drug-likeness (QED) is 0.774. The maximum atomic E-state index is 12.7. The average molecular weight is 342 g/mol. The molecule has 3 atom stereocenters. The molecule has 1 aliphatic carbocycles. The van der Waals surface area contributed by atoms with Crippen molar-refractivity contribution in [2.24, 2.45) is 5.92 Å². The van der Waals surface area contributed by atoms with Crippen molar-refractivity contribution in [1.82, 2.24) is 0 Å². The lowest BCUT2D eigenvalue weighted by atomic mass is 9.83. The molecular weight excluding hydrogens is 320 g/mol. The molecule has 0 radical (unpaired) electrons. The summed E-state index contributed by atoms with van der Waals surface area (Å²) in [5.41, 5.74) is 2.55. The molecule has 0 unspecified atom stereocenters. The van der Waals surface area contributed by atoms with Crippen molar-refractivity contribution in [3.05, 3.63) is 41.5 Å². The second-order valence-corrected chi connectivity index (χ2v) is 6.94. The lowest BCUT2D eigenvalue weighted by Gasteiger charge is -2.47. The second-order valence-electron chi connectivity index (χ2n) is 6.94. The lowest BCUT2D eigenvalue weighted by Crippen LogP contribution is -2.57. The van der Waals surface area contributed by atoms with E-state index < -0.39 is 11.9 Å². The summed E-state index contributed by atoms with van der Waals surface area (Å²) in [6, 6.07) is 9.64. The Hall–Kier alpha value is -1.98. The monoisotopic (exact) mass is 342 g/mol. The molecule has 0 N–H and O–H groups in total. The largest absolute Gasteiger partial charge is 0.456 e. The highest BCUT2D eigenvalue weighted by Gasteiger charge is 2.56. The summed E-state index contributed by atoms with van der Waals surface area (Å²) in [5.74, 6) is -1.37. The number of hydrogen-bond donors (Lipinski definition) is 0. The van der Waals surface area contributed by atoms with Crippen LogP contribution in [0.5, 0.6) is 0 Å². The Morgan fingerprint density at radius 2 is 2.00 bits per heavy atom. The molecule has 5 heteroatoms. The number of carbonyl (C=O) groups is 2. The van der Waals surface area contributed by atoms with E-state index in [9.17, 15) is 9.59 Å². The van der Waals surface area contributed by atoms with Crippen molar-refractivity contribution in [2.45, 2.75) is 44.5 Å². The normalized spacial score (nSPS) is 32.0. The third-order valence-electron chi connectivity index (χ3n) is 5.35. The van der Waals surface area contributed by atoms with Gasteiger partial charge < -0.3 is 14.2 Å². The van der Waals surface area contributed by atoms with E-state index in [0.717, 1.165) is 24.0 Å². The van der Waals surface area contributed by atoms with Gasteiger partial charge in [0.05, 0.1) is 13.2 Å². The van der Waals surface area contributed by atoms with Gasteiger partial charge in [-0.1, -0.05) is 30.3 Å². The molecule has 0 saturated carbocycles. The minimum atomic E-state index is -0.912. The number of ketones is 1. The van der Waals surface area contributed by atoms with Crippen LogP contribution in [-0.2, 0) is 23.8 Å². The Morgan fingerprint density at radius 1 is 1.20 bits per heavy atom. The van der Waals surface area contributed by atoms with E-state index in [1.54, 1.807) is 0 Å². The lowest BCUT2D eigenvalue weighted by molar-refractivity contribution is -0.317. The number of esters is 1. The number of benzene rings is 1. The molecule has 0 bridgehead atoms. The van der Waals surface area contributed by atoms with Gasteiger partial charge in [-0.3, -0.25) is 9.59 Å². The van der Waals surface area contributed by atoms with E-state index in [1.807, 2.05) is 30.3 Å². The summed E-state index contributed by atoms with van der Waals surface area (Å²) in [6.07, 6.45) is 2.39. The molecule has 5 nitrogen and oxygen atoms in total. The van der Waals surface area contributed by atoms with Crippen LogP contribution in [0.25, 0.3) is 5.57 Å². The maximum Gasteiger partial charge on any atom is 0.303 e. The van der Waals surface area contributed by atoms with Gasteiger partial charge in [0.25, 0.3) is 0 Å². The minimum absolute atomic E-state index is 0.0832. The van der Waals surface area contributed by atoms with Gasteiger partial charge in [0.1, 0.15) is 0 Å². The molecule has 2 heterocycles. The summed E-state index contributed by atoms with van der Waals surface area (Å²) < 4.78 is 17.8. The number of Topliss-reactive ketones (excluding diaryl/α,β-unsaturated/α-hetero) is 1. The van der Waals surface area contributed by atoms with Crippen molar-refractivity contribution in [1.29, 1.82) is 0 Å². The molecule has 132 valence electrons. The van der Waals surface area contributed by atoms with Crippen LogP contribution in [0.15, 0.2) is 35.9 Å². The average Bonchev–Trinajstić information content (AvgIpc) is 2.95. The number of allylic oxidation sites excluding steroid dienone is 1. The van der Waals surface area contributed by atoms with E-state index in [4.69, 9.17) is 14.2 Å². The van der Waals surface area contributed by atoms with Crippen molar-refractivity contribution in [3.8, 4) is 0 Å². The number of hydrogen-bond acceptors (Lipinski definition) is 5. The Kier molecular flexibility index (Phi) is 4.21. The Morgan fingerprint density at radius 3 is 2.68 bits per heavy atom. The molecule has 2 aliphatic heterocycles. The van der Waals surface area contributed by atoms with Gasteiger partial charge in [0.15, 0.2) is 11.9 Å². The van der Waals surface area contributed by atoms with Gasteiger partial charge in [-0.25, -0.2) is 0 Å². The molecule has 1 spiro atoms. The van der Waals surface area contributed by atoms with Crippen LogP contribution < -0.4 is 0 Å². The molecule has 1 aromatic carbocycles. The SMILES string of the molecule is CC(=O)O[C@H]1[C@H]2CC(=O)C(c3ccccc3)=C2CO[C@@]12CCCCO2. The molecular formula is C20H22O5. The van der Waals surface area contributed by atoms with Crippen LogP contribution in [0.1, 0.15) is 38.2 Å². The van der Waals surface area contributed by atoms with E-state index >= 15 is 0 Å². The summed E-state index contributed by atoms with van der Waals surface area (Å²) >= 11 is 0. The zero-order valence-corrected chi connectivity index (χ0v) is 14.3. The third kappa shape index (κ3) is 2.81. The number of fused-ring (bicyclic) bond motifs is 1. The smallest absolute Gasteiger partial charge is 0.303 e. The fraction of sp³-hybridized carbons (Fsp3) is 0.500. The standard InChI is InChI=1S/C20H22O5/c1-13(21)25-19-15-11-17(22)18(14-7-3-2-4-8-14)16(15)12-24-20(19)9-5-6-10-23-20/h2-4,7-8,15,19H,5-6,9-12H2,1H3/t15-,19-,20-/m0/s1. The van der Waals surface area contributed by atoms with E-state index in [2.05, 4.69) is 0 Å². The first-order valence-corrected chi connectivity index (χ1v) is 8.87. The molecule has 0 aromatic heterocycles. The molecule has 4 rings (SSSR count). The number of rotatable bonds is 2. The fourth-order valence-corrected chi connectivity index (χ4v) is 4.28. The van der Waals surface area contributed by atoms with E-state index in [1.165, 1.54) is 6.92 Å². The fourth-order valence-electron chi connectivity index (χ4n) is 4.28. The van der Waals surface area contributed by atoms with Crippen LogP contribution in [0.2, 0.25) is 0 Å². The topological polar surface area (TPSA) is 61.8 Å². The predicted octanol–water partition coefficient (Wildman–Crippen LogP) is 2.89. The molecule has 2 saturated heterocycles. The van der Waals surface area contributed by atoms with E-state index in [-0.39, 0.29) is 17.7 Å². The first-order valence-electron chi connectivity index (χ1n) is 8.87. The summed E-state index contributed by atoms with van der Waals surface area (Å²) in [4.78, 5) is 24.5. The van der Waals surface area contributed by atoms with Gasteiger partial charge in [0.2, 0.25) is 5.79 Å². The molecule has 2 fully saturated rings. The minimum Gasteiger partial charge on any atom is -0.456 e. The Labute approximate surface area is 146 Å². The van der Waals surface area contributed by atoms with Gasteiger partial charge in [-0.2, -0.15) is 0 Å². The van der Waals surface area contributed by atoms with Gasteiger partial charge in [-0.15, -0.1) is 0 Å². The Bertz CT molecular complexity index is 715. The van der Waals surface area contributed by atoms with Gasteiger partial charge in [0, 0.05) is 31.3 Å². The van der Waals surface area contributed by atoms with Gasteiger partial charge in [-0.05, 0) is 24.0 Å². The van der Waals surface area contributed by atoms with Crippen molar-refractivity contribution >= 4 is 17.3 Å². The van der Waals surface area contributed by atoms with Crippen molar-refractivity contribution < 1.29 is 23.8 Å². The van der Waals surface area contributed by atoms with Crippen LogP contribution in [0.3, 0.4) is 0 Å². The first kappa shape index (κ1) is 16.5. The zero-order valence-electron chi connectivity index (χ0n) is 14.3. The van der Waals surface area contributed by atoms with Crippen LogP contribution in [0.4, 0.5) is 0 Å². The number of ether oxygens (including phenoxy) is 3. The third-order valence-corrected chi connectivity index (χ3v) is 5.35. The number of carbonyl (C=O) groups excluding carboxylic acids is 2. The molecule has 3 aliphatic rings. The summed E-state index contributed by atoms with van der Waals surface area (Å²) in [5, 5.41) is 0. The van der Waals surface area contributed by atoms with Crippen LogP contribution in [0, 0.1) is 5.92 Å². The summed E-state index contributed by atoms with van der Waals surface area (Å²) in [7, 11) is 0. The highest BCUT2D eigenvalue weighted by atomic mass is 16.7. The summed E-state index contributed by atoms with van der Waals surface area (Å²) in [6.45, 7) is 2.32. The first-order chi connectivity index (χ1) is 12.1. The molecule has 0 amide bonds. The molecule has 1 aromatic rings. The van der Waals surface area contributed by atoms with Crippen LogP contribution in [-0.4, -0.2) is 36.9 Å². The Balaban J connectivity index is 1.75. The van der Waals surface area contributed by atoms with E-state index in [0.29, 0.717) is 31.6 Å². The molecule has 25 heavy (non-hydrogen) atoms. The van der Waals surface area contributed by atoms with Crippen LogP contribution >= 0.6 is 0 Å². The highest BCUT2D eigenvalue weighted by molar-refractivity contribution is 6.24. The second kappa shape index (κ2) is 6.39. The van der Waals surface area contributed by atoms with Crippen molar-refractivity contribution in [3.63, 3.8) is 0 Å². The van der Waals surface area contributed by atoms with Crippen molar-refractivity contribution in [2.75, 3.05) is 13.2 Å². The maximum absolute atomic E-state index is 12.7. The predicted molar refractivity (Wildman–Crippen MR) is 90.5 cm³/mol. The van der Waals surface area contributed by atoms with Gasteiger partial charge >= 0.3 is 5.97 Å². The zero-order chi connectivity index (χ0) is 17.4. The highest BCUT2D eigenvalue weighted by Crippen LogP contribution is 2.48.